The van der Waals surface area contributed by atoms with Crippen molar-refractivity contribution in [2.45, 2.75) is 31.3 Å². The zero-order valence-corrected chi connectivity index (χ0v) is 15.4. The van der Waals surface area contributed by atoms with Crippen LogP contribution in [-0.2, 0) is 22.1 Å². The molecule has 0 saturated carbocycles. The number of hydrogen-bond acceptors (Lipinski definition) is 6. The second-order valence-electron chi connectivity index (χ2n) is 6.77. The number of halogens is 3. The molecule has 1 aliphatic heterocycles. The van der Waals surface area contributed by atoms with E-state index in [1.807, 2.05) is 12.1 Å². The largest absolute Gasteiger partial charge is 0.433 e. The van der Waals surface area contributed by atoms with Crippen LogP contribution < -0.4 is 5.32 Å². The first-order chi connectivity index (χ1) is 13.5. The molecule has 28 heavy (non-hydrogen) atoms. The fourth-order valence-electron chi connectivity index (χ4n) is 3.67. The summed E-state index contributed by atoms with van der Waals surface area (Å²) in [4.78, 5) is 9.26. The van der Waals surface area contributed by atoms with E-state index in [1.54, 1.807) is 17.5 Å². The molecule has 9 heteroatoms. The number of rotatable bonds is 3. The highest BCUT2D eigenvalue weighted by molar-refractivity contribution is 7.19. The Kier molecular flexibility index (Phi) is 4.26. The number of hydrogen-bond donors (Lipinski definition) is 1. The molecule has 146 valence electrons. The summed E-state index contributed by atoms with van der Waals surface area (Å²) in [6, 6.07) is 6.41. The molecule has 1 atom stereocenters. The Morgan fingerprint density at radius 2 is 1.96 bits per heavy atom. The normalized spacial score (nSPS) is 20.0. The summed E-state index contributed by atoms with van der Waals surface area (Å²) in [5.74, 6) is 0.712. The van der Waals surface area contributed by atoms with Gasteiger partial charge >= 0.3 is 6.18 Å². The molecule has 0 spiro atoms. The monoisotopic (exact) mass is 407 g/mol. The van der Waals surface area contributed by atoms with Gasteiger partial charge in [-0.2, -0.15) is 13.2 Å². The molecule has 3 aromatic heterocycles. The Morgan fingerprint density at radius 3 is 2.75 bits per heavy atom. The number of nitrogens with one attached hydrogen (secondary N) is 1. The molecular formula is C19H16F3N3O2S. The lowest BCUT2D eigenvalue weighted by molar-refractivity contribution is -0.141. The zero-order valence-electron chi connectivity index (χ0n) is 14.6. The predicted molar refractivity (Wildman–Crippen MR) is 98.2 cm³/mol. The van der Waals surface area contributed by atoms with Gasteiger partial charge in [-0.3, -0.25) is 0 Å². The molecule has 3 aromatic rings. The van der Waals surface area contributed by atoms with E-state index < -0.39 is 11.9 Å². The predicted octanol–water partition coefficient (Wildman–Crippen LogP) is 4.85. The van der Waals surface area contributed by atoms with E-state index >= 15 is 0 Å². The van der Waals surface area contributed by atoms with E-state index in [4.69, 9.17) is 9.47 Å². The van der Waals surface area contributed by atoms with Crippen molar-refractivity contribution < 1.29 is 22.6 Å². The van der Waals surface area contributed by atoms with E-state index in [-0.39, 0.29) is 12.3 Å². The molecule has 1 saturated heterocycles. The second-order valence-corrected chi connectivity index (χ2v) is 7.85. The van der Waals surface area contributed by atoms with E-state index in [1.165, 1.54) is 6.07 Å². The Hall–Kier alpha value is -2.23. The van der Waals surface area contributed by atoms with Crippen molar-refractivity contribution in [3.8, 4) is 0 Å². The summed E-state index contributed by atoms with van der Waals surface area (Å²) in [6.07, 6.45) is -1.87. The van der Waals surface area contributed by atoms with Crippen molar-refractivity contribution in [3.05, 3.63) is 52.3 Å². The van der Waals surface area contributed by atoms with E-state index in [0.29, 0.717) is 37.6 Å². The van der Waals surface area contributed by atoms with Crippen LogP contribution in [0.25, 0.3) is 10.1 Å². The maximum absolute atomic E-state index is 12.9. The minimum Gasteiger partial charge on any atom is -0.362 e. The van der Waals surface area contributed by atoms with Crippen LogP contribution in [0.15, 0.2) is 30.5 Å². The van der Waals surface area contributed by atoms with Crippen LogP contribution >= 0.6 is 11.3 Å². The van der Waals surface area contributed by atoms with Gasteiger partial charge in [-0.1, -0.05) is 6.07 Å². The van der Waals surface area contributed by atoms with Gasteiger partial charge in [-0.05, 0) is 42.0 Å². The maximum atomic E-state index is 12.9. The second kappa shape index (κ2) is 6.68. The van der Waals surface area contributed by atoms with Crippen LogP contribution in [0.3, 0.4) is 0 Å². The average molecular weight is 407 g/mol. The van der Waals surface area contributed by atoms with Gasteiger partial charge in [0.2, 0.25) is 0 Å². The van der Waals surface area contributed by atoms with Crippen LogP contribution in [0.1, 0.15) is 40.6 Å². The van der Waals surface area contributed by atoms with Crippen LogP contribution in [-0.4, -0.2) is 23.2 Å². The lowest BCUT2D eigenvalue weighted by Gasteiger charge is -2.15. The number of fused-ring (bicyclic) bond motifs is 2. The van der Waals surface area contributed by atoms with Crippen molar-refractivity contribution >= 4 is 27.2 Å². The highest BCUT2D eigenvalue weighted by Gasteiger charge is 2.35. The first-order valence-electron chi connectivity index (χ1n) is 8.94. The first kappa shape index (κ1) is 17.8. The number of aromatic nitrogens is 2. The molecular weight excluding hydrogens is 391 g/mol. The fourth-order valence-corrected chi connectivity index (χ4v) is 4.77. The van der Waals surface area contributed by atoms with Crippen molar-refractivity contribution in [3.63, 3.8) is 0 Å². The van der Waals surface area contributed by atoms with Gasteiger partial charge in [0.15, 0.2) is 6.29 Å². The molecule has 2 aliphatic rings. The van der Waals surface area contributed by atoms with Crippen LogP contribution in [0.2, 0.25) is 0 Å². The molecule has 0 unspecified atom stereocenters. The molecule has 1 aliphatic carbocycles. The fraction of sp³-hybridized carbons (Fsp3) is 0.368. The summed E-state index contributed by atoms with van der Waals surface area (Å²) in [5, 5.41) is 4.43. The van der Waals surface area contributed by atoms with Gasteiger partial charge in [0.05, 0.1) is 28.8 Å². The summed E-state index contributed by atoms with van der Waals surface area (Å²) < 4.78 is 50.8. The number of ether oxygens (including phenoxy) is 2. The third kappa shape index (κ3) is 3.13. The smallest absolute Gasteiger partial charge is 0.362 e. The van der Waals surface area contributed by atoms with E-state index in [2.05, 4.69) is 15.3 Å². The topological polar surface area (TPSA) is 56.3 Å². The van der Waals surface area contributed by atoms with Gasteiger partial charge in [-0.15, -0.1) is 11.3 Å². The average Bonchev–Trinajstić information content (AvgIpc) is 3.40. The number of alkyl halides is 3. The highest BCUT2D eigenvalue weighted by Crippen LogP contribution is 2.40. The number of anilines is 1. The van der Waals surface area contributed by atoms with Gasteiger partial charge in [-0.25, -0.2) is 9.97 Å². The van der Waals surface area contributed by atoms with Crippen molar-refractivity contribution in [2.75, 3.05) is 18.5 Å². The molecule has 5 nitrogen and oxygen atoms in total. The standard InChI is InChI=1S/C19H16F3N3O2S/c20-19(21,22)15-4-1-11-12(24-15)2-3-13(11)25-17-16-10(5-6-23-17)9-14(28-16)18-26-7-8-27-18/h1,4-6,9,13,18H,2-3,7-8H2,(H,23,25)/t13-/m1/s1. The Bertz CT molecular complexity index is 1030. The van der Waals surface area contributed by atoms with Crippen LogP contribution in [0, 0.1) is 0 Å². The molecule has 1 N–H and O–H groups in total. The lowest BCUT2D eigenvalue weighted by Crippen LogP contribution is -2.11. The Balaban J connectivity index is 1.44. The first-order valence-corrected chi connectivity index (χ1v) is 9.76. The lowest BCUT2D eigenvalue weighted by atomic mass is 10.1. The van der Waals surface area contributed by atoms with Crippen molar-refractivity contribution in [1.82, 2.24) is 9.97 Å². The molecule has 0 amide bonds. The summed E-state index contributed by atoms with van der Waals surface area (Å²) in [7, 11) is 0. The number of nitrogens with zero attached hydrogens (tertiary/aromatic N) is 2. The van der Waals surface area contributed by atoms with E-state index in [0.717, 1.165) is 26.6 Å². The van der Waals surface area contributed by atoms with Crippen LogP contribution in [0.4, 0.5) is 19.0 Å². The minimum absolute atomic E-state index is 0.118. The Labute approximate surface area is 162 Å². The molecule has 0 bridgehead atoms. The Morgan fingerprint density at radius 1 is 1.14 bits per heavy atom. The number of aryl methyl sites for hydroxylation is 1. The SMILES string of the molecule is FC(F)(F)c1ccc2c(n1)CC[C@H]2Nc1nccc2cc(C3OCCO3)sc12. The van der Waals surface area contributed by atoms with E-state index in [9.17, 15) is 13.2 Å². The van der Waals surface area contributed by atoms with Gasteiger partial charge in [0.1, 0.15) is 11.5 Å². The molecule has 1 fully saturated rings. The van der Waals surface area contributed by atoms with Gasteiger partial charge in [0.25, 0.3) is 0 Å². The third-order valence-electron chi connectivity index (χ3n) is 4.96. The van der Waals surface area contributed by atoms with Gasteiger partial charge in [0, 0.05) is 11.9 Å². The molecule has 5 rings (SSSR count). The highest BCUT2D eigenvalue weighted by atomic mass is 32.1. The molecule has 0 radical (unpaired) electrons. The third-order valence-corrected chi connectivity index (χ3v) is 6.14. The van der Waals surface area contributed by atoms with Crippen molar-refractivity contribution in [2.24, 2.45) is 0 Å². The summed E-state index contributed by atoms with van der Waals surface area (Å²) >= 11 is 1.55. The zero-order chi connectivity index (χ0) is 19.3. The van der Waals surface area contributed by atoms with Crippen molar-refractivity contribution in [1.29, 1.82) is 0 Å². The quantitative estimate of drug-likeness (QED) is 0.672. The number of thiophene rings is 1. The minimum atomic E-state index is -4.43. The summed E-state index contributed by atoms with van der Waals surface area (Å²) in [6.45, 7) is 1.15. The number of pyridine rings is 2. The summed E-state index contributed by atoms with van der Waals surface area (Å²) in [5.41, 5.74) is 0.455. The molecule has 0 aromatic carbocycles. The van der Waals surface area contributed by atoms with Gasteiger partial charge < -0.3 is 14.8 Å². The maximum Gasteiger partial charge on any atom is 0.433 e. The van der Waals surface area contributed by atoms with Crippen LogP contribution in [0.5, 0.6) is 0 Å². The molecule has 4 heterocycles.